The maximum atomic E-state index is 8.87. The third-order valence-electron chi connectivity index (χ3n) is 2.33. The zero-order chi connectivity index (χ0) is 12.6. The van der Waals surface area contributed by atoms with Crippen LogP contribution in [-0.4, -0.2) is 15.3 Å². The normalized spacial score (nSPS) is 14.5. The van der Waals surface area contributed by atoms with E-state index in [0.717, 1.165) is 5.39 Å². The molecule has 0 spiro atoms. The summed E-state index contributed by atoms with van der Waals surface area (Å²) in [7, 11) is 0. The van der Waals surface area contributed by atoms with E-state index < -0.39 is 5.54 Å². The minimum atomic E-state index is -0.960. The Morgan fingerprint density at radius 1 is 1.53 bits per heavy atom. The van der Waals surface area contributed by atoms with Crippen molar-refractivity contribution in [1.29, 1.82) is 5.26 Å². The van der Waals surface area contributed by atoms with Crippen molar-refractivity contribution in [3.8, 4) is 6.07 Å². The number of fused-ring (bicyclic) bond motifs is 1. The standard InChI is InChI=1S/C11H10Cl2N4/c1-11(15,5-14)6-17-4-8-9(13)2-7(12)3-10(8)16-17/h2-4H,6,15H2,1H3. The first-order valence-corrected chi connectivity index (χ1v) is 5.69. The van der Waals surface area contributed by atoms with Gasteiger partial charge in [-0.15, -0.1) is 0 Å². The SMILES string of the molecule is CC(N)(C#N)Cn1cc2c(Cl)cc(Cl)cc2n1. The van der Waals surface area contributed by atoms with Gasteiger partial charge in [0.05, 0.1) is 23.2 Å². The van der Waals surface area contributed by atoms with E-state index >= 15 is 0 Å². The quantitative estimate of drug-likeness (QED) is 0.911. The van der Waals surface area contributed by atoms with Gasteiger partial charge in [-0.25, -0.2) is 0 Å². The van der Waals surface area contributed by atoms with Gasteiger partial charge in [0.15, 0.2) is 0 Å². The van der Waals surface area contributed by atoms with E-state index in [2.05, 4.69) is 5.10 Å². The highest BCUT2D eigenvalue weighted by Crippen LogP contribution is 2.27. The number of rotatable bonds is 2. The van der Waals surface area contributed by atoms with Crippen LogP contribution in [0.25, 0.3) is 10.9 Å². The lowest BCUT2D eigenvalue weighted by atomic mass is 10.1. The molecule has 1 aromatic carbocycles. The van der Waals surface area contributed by atoms with Gasteiger partial charge in [0.1, 0.15) is 5.54 Å². The fourth-order valence-electron chi connectivity index (χ4n) is 1.55. The summed E-state index contributed by atoms with van der Waals surface area (Å²) in [5, 5.41) is 15.0. The second kappa shape index (κ2) is 4.19. The van der Waals surface area contributed by atoms with E-state index in [9.17, 15) is 0 Å². The summed E-state index contributed by atoms with van der Waals surface area (Å²) < 4.78 is 1.61. The molecular formula is C11H10Cl2N4. The predicted molar refractivity (Wildman–Crippen MR) is 68.0 cm³/mol. The highest BCUT2D eigenvalue weighted by Gasteiger charge is 2.19. The fourth-order valence-corrected chi connectivity index (χ4v) is 2.08. The van der Waals surface area contributed by atoms with Crippen LogP contribution in [-0.2, 0) is 6.54 Å². The monoisotopic (exact) mass is 268 g/mol. The van der Waals surface area contributed by atoms with Crippen molar-refractivity contribution in [3.05, 3.63) is 28.4 Å². The van der Waals surface area contributed by atoms with Crippen LogP contribution in [0.4, 0.5) is 0 Å². The number of nitrogens with two attached hydrogens (primary N) is 1. The van der Waals surface area contributed by atoms with Crippen molar-refractivity contribution in [3.63, 3.8) is 0 Å². The number of nitrogens with zero attached hydrogens (tertiary/aromatic N) is 3. The van der Waals surface area contributed by atoms with Gasteiger partial charge in [-0.3, -0.25) is 4.68 Å². The molecule has 2 rings (SSSR count). The molecular weight excluding hydrogens is 259 g/mol. The molecule has 0 saturated heterocycles. The molecule has 2 N–H and O–H groups in total. The molecule has 0 aliphatic heterocycles. The van der Waals surface area contributed by atoms with E-state index in [1.807, 2.05) is 6.07 Å². The summed E-state index contributed by atoms with van der Waals surface area (Å²) in [6.07, 6.45) is 1.76. The number of nitriles is 1. The van der Waals surface area contributed by atoms with Crippen LogP contribution in [0.3, 0.4) is 0 Å². The van der Waals surface area contributed by atoms with Crippen LogP contribution in [0.1, 0.15) is 6.92 Å². The molecule has 88 valence electrons. The molecule has 1 unspecified atom stereocenters. The number of halogens is 2. The molecule has 0 saturated carbocycles. The smallest absolute Gasteiger partial charge is 0.121 e. The molecule has 17 heavy (non-hydrogen) atoms. The van der Waals surface area contributed by atoms with Crippen molar-refractivity contribution in [1.82, 2.24) is 9.78 Å². The van der Waals surface area contributed by atoms with Crippen molar-refractivity contribution in [2.75, 3.05) is 0 Å². The van der Waals surface area contributed by atoms with Crippen molar-refractivity contribution in [2.45, 2.75) is 19.0 Å². The Hall–Kier alpha value is -1.28. The van der Waals surface area contributed by atoms with Crippen LogP contribution in [0.5, 0.6) is 0 Å². The second-order valence-electron chi connectivity index (χ2n) is 4.18. The number of aromatic nitrogens is 2. The molecule has 0 aliphatic rings. The molecule has 0 fully saturated rings. The summed E-state index contributed by atoms with van der Waals surface area (Å²) in [5.41, 5.74) is 5.49. The van der Waals surface area contributed by atoms with Gasteiger partial charge in [0.25, 0.3) is 0 Å². The second-order valence-corrected chi connectivity index (χ2v) is 5.02. The number of benzene rings is 1. The predicted octanol–water partition coefficient (Wildman–Crippen LogP) is 2.58. The highest BCUT2D eigenvalue weighted by molar-refractivity contribution is 6.38. The lowest BCUT2D eigenvalue weighted by Crippen LogP contribution is -2.39. The van der Waals surface area contributed by atoms with Gasteiger partial charge < -0.3 is 5.73 Å². The summed E-state index contributed by atoms with van der Waals surface area (Å²) in [5.74, 6) is 0. The topological polar surface area (TPSA) is 67.6 Å². The average molecular weight is 269 g/mol. The molecule has 0 bridgehead atoms. The number of hydrogen-bond acceptors (Lipinski definition) is 3. The van der Waals surface area contributed by atoms with E-state index in [-0.39, 0.29) is 0 Å². The van der Waals surface area contributed by atoms with Gasteiger partial charge in [-0.2, -0.15) is 10.4 Å². The molecule has 1 atom stereocenters. The summed E-state index contributed by atoms with van der Waals surface area (Å²) in [6, 6.07) is 5.40. The summed E-state index contributed by atoms with van der Waals surface area (Å²) in [6.45, 7) is 1.94. The largest absolute Gasteiger partial charge is 0.312 e. The van der Waals surface area contributed by atoms with Gasteiger partial charge in [0, 0.05) is 16.6 Å². The highest BCUT2D eigenvalue weighted by atomic mass is 35.5. The van der Waals surface area contributed by atoms with Crippen LogP contribution in [0.2, 0.25) is 10.0 Å². The molecule has 0 radical (unpaired) electrons. The van der Waals surface area contributed by atoms with Crippen LogP contribution >= 0.6 is 23.2 Å². The fraction of sp³-hybridized carbons (Fsp3) is 0.273. The first-order chi connectivity index (χ1) is 7.91. The van der Waals surface area contributed by atoms with E-state index in [0.29, 0.717) is 22.1 Å². The van der Waals surface area contributed by atoms with Crippen molar-refractivity contribution in [2.24, 2.45) is 5.73 Å². The summed E-state index contributed by atoms with van der Waals surface area (Å²) in [4.78, 5) is 0. The molecule has 4 nitrogen and oxygen atoms in total. The van der Waals surface area contributed by atoms with E-state index in [1.165, 1.54) is 0 Å². The average Bonchev–Trinajstić information content (AvgIpc) is 2.59. The van der Waals surface area contributed by atoms with Crippen molar-refractivity contribution < 1.29 is 0 Å². The Balaban J connectivity index is 2.46. The minimum absolute atomic E-state index is 0.298. The zero-order valence-corrected chi connectivity index (χ0v) is 10.6. The Bertz CT molecular complexity index is 610. The Morgan fingerprint density at radius 2 is 2.24 bits per heavy atom. The zero-order valence-electron chi connectivity index (χ0n) is 9.11. The first-order valence-electron chi connectivity index (χ1n) is 4.94. The van der Waals surface area contributed by atoms with Gasteiger partial charge >= 0.3 is 0 Å². The Labute approximate surface area is 109 Å². The molecule has 6 heteroatoms. The minimum Gasteiger partial charge on any atom is -0.312 e. The molecule has 0 aliphatic carbocycles. The van der Waals surface area contributed by atoms with Gasteiger partial charge in [-0.05, 0) is 19.1 Å². The van der Waals surface area contributed by atoms with Crippen LogP contribution in [0, 0.1) is 11.3 Å². The Morgan fingerprint density at radius 3 is 2.88 bits per heavy atom. The van der Waals surface area contributed by atoms with Crippen LogP contribution in [0.15, 0.2) is 18.3 Å². The van der Waals surface area contributed by atoms with Crippen molar-refractivity contribution >= 4 is 34.1 Å². The van der Waals surface area contributed by atoms with Gasteiger partial charge in [-0.1, -0.05) is 23.2 Å². The maximum absolute atomic E-state index is 8.87. The molecule has 0 amide bonds. The Kier molecular flexibility index (Phi) is 3.00. The van der Waals surface area contributed by atoms with E-state index in [4.69, 9.17) is 34.2 Å². The molecule has 2 aromatic rings. The lowest BCUT2D eigenvalue weighted by molar-refractivity contribution is 0.462. The maximum Gasteiger partial charge on any atom is 0.121 e. The summed E-state index contributed by atoms with van der Waals surface area (Å²) >= 11 is 11.9. The first kappa shape index (κ1) is 12.2. The third-order valence-corrected chi connectivity index (χ3v) is 2.86. The number of hydrogen-bond donors (Lipinski definition) is 1. The third kappa shape index (κ3) is 2.52. The van der Waals surface area contributed by atoms with Gasteiger partial charge in [0.2, 0.25) is 0 Å². The van der Waals surface area contributed by atoms with Crippen LogP contribution < -0.4 is 5.73 Å². The molecule has 1 aromatic heterocycles. The lowest BCUT2D eigenvalue weighted by Gasteiger charge is -2.14. The van der Waals surface area contributed by atoms with E-state index in [1.54, 1.807) is 29.9 Å². The molecule has 1 heterocycles.